The fourth-order valence-electron chi connectivity index (χ4n) is 2.88. The molecule has 17 heavy (non-hydrogen) atoms. The van der Waals surface area contributed by atoms with Gasteiger partial charge in [-0.15, -0.1) is 11.6 Å². The molecule has 4 heteroatoms. The molecule has 1 amide bonds. The number of ether oxygens (including phenoxy) is 1. The molecular weight excluding hydrogens is 238 g/mol. The molecule has 0 spiro atoms. The van der Waals surface area contributed by atoms with Crippen LogP contribution in [0.4, 0.5) is 0 Å². The van der Waals surface area contributed by atoms with Crippen LogP contribution in [0.3, 0.4) is 0 Å². The van der Waals surface area contributed by atoms with Gasteiger partial charge < -0.3 is 10.1 Å². The van der Waals surface area contributed by atoms with E-state index in [1.54, 1.807) is 0 Å². The molecule has 4 atom stereocenters. The third-order valence-electron chi connectivity index (χ3n) is 4.08. The lowest BCUT2D eigenvalue weighted by Crippen LogP contribution is -2.47. The molecule has 0 aromatic carbocycles. The normalized spacial score (nSPS) is 38.0. The maximum atomic E-state index is 12.1. The quantitative estimate of drug-likeness (QED) is 0.790. The third-order valence-corrected chi connectivity index (χ3v) is 4.48. The molecule has 1 heterocycles. The number of carbonyl (C=O) groups is 1. The highest BCUT2D eigenvalue weighted by Crippen LogP contribution is 2.26. The van der Waals surface area contributed by atoms with Crippen LogP contribution < -0.4 is 5.32 Å². The van der Waals surface area contributed by atoms with Gasteiger partial charge in [0, 0.05) is 18.5 Å². The maximum absolute atomic E-state index is 12.1. The number of halogens is 1. The van der Waals surface area contributed by atoms with E-state index in [9.17, 15) is 4.79 Å². The Kier molecular flexibility index (Phi) is 4.69. The van der Waals surface area contributed by atoms with E-state index in [1.165, 1.54) is 12.8 Å². The SMILES string of the molecule is CC1CCOC1C(=O)NC1CCCCC1CCl. The minimum atomic E-state index is -0.243. The highest BCUT2D eigenvalue weighted by molar-refractivity contribution is 6.18. The van der Waals surface area contributed by atoms with Gasteiger partial charge >= 0.3 is 0 Å². The molecule has 2 rings (SSSR count). The van der Waals surface area contributed by atoms with E-state index < -0.39 is 0 Å². The van der Waals surface area contributed by atoms with Gasteiger partial charge in [-0.3, -0.25) is 4.79 Å². The monoisotopic (exact) mass is 259 g/mol. The molecule has 2 aliphatic rings. The van der Waals surface area contributed by atoms with E-state index in [-0.39, 0.29) is 18.1 Å². The van der Waals surface area contributed by atoms with Gasteiger partial charge in [-0.2, -0.15) is 0 Å². The molecule has 0 aromatic rings. The van der Waals surface area contributed by atoms with Crippen LogP contribution in [0.2, 0.25) is 0 Å². The van der Waals surface area contributed by atoms with Crippen LogP contribution in [0.25, 0.3) is 0 Å². The Bertz CT molecular complexity index is 272. The molecular formula is C13H22ClNO2. The van der Waals surface area contributed by atoms with Crippen molar-refractivity contribution < 1.29 is 9.53 Å². The first-order valence-corrected chi connectivity index (χ1v) is 7.23. The lowest BCUT2D eigenvalue weighted by molar-refractivity contribution is -0.132. The molecule has 2 fully saturated rings. The Balaban J connectivity index is 1.88. The first kappa shape index (κ1) is 13.2. The fraction of sp³-hybridized carbons (Fsp3) is 0.923. The van der Waals surface area contributed by atoms with E-state index >= 15 is 0 Å². The number of amides is 1. The fourth-order valence-corrected chi connectivity index (χ4v) is 3.25. The third kappa shape index (κ3) is 3.14. The molecule has 98 valence electrons. The lowest BCUT2D eigenvalue weighted by atomic mass is 9.85. The van der Waals surface area contributed by atoms with Gasteiger partial charge in [0.15, 0.2) is 0 Å². The summed E-state index contributed by atoms with van der Waals surface area (Å²) in [7, 11) is 0. The van der Waals surface area contributed by atoms with Crippen molar-refractivity contribution >= 4 is 17.5 Å². The van der Waals surface area contributed by atoms with E-state index in [4.69, 9.17) is 16.3 Å². The summed E-state index contributed by atoms with van der Waals surface area (Å²) in [6.45, 7) is 2.79. The van der Waals surface area contributed by atoms with Crippen molar-refractivity contribution in [2.75, 3.05) is 12.5 Å². The molecule has 3 nitrogen and oxygen atoms in total. The zero-order valence-corrected chi connectivity index (χ0v) is 11.2. The average molecular weight is 260 g/mol. The number of alkyl halides is 1. The summed E-state index contributed by atoms with van der Waals surface area (Å²) < 4.78 is 5.49. The van der Waals surface area contributed by atoms with Crippen molar-refractivity contribution in [1.82, 2.24) is 5.32 Å². The Morgan fingerprint density at radius 2 is 2.12 bits per heavy atom. The van der Waals surface area contributed by atoms with Gasteiger partial charge in [-0.25, -0.2) is 0 Å². The summed E-state index contributed by atoms with van der Waals surface area (Å²) in [5, 5.41) is 3.14. The van der Waals surface area contributed by atoms with Crippen LogP contribution in [0, 0.1) is 11.8 Å². The number of carbonyl (C=O) groups excluding carboxylic acids is 1. The highest BCUT2D eigenvalue weighted by Gasteiger charge is 2.34. The van der Waals surface area contributed by atoms with Crippen LogP contribution in [0.15, 0.2) is 0 Å². The van der Waals surface area contributed by atoms with Crippen molar-refractivity contribution in [2.24, 2.45) is 11.8 Å². The second-order valence-electron chi connectivity index (χ2n) is 5.37. The van der Waals surface area contributed by atoms with Crippen LogP contribution >= 0.6 is 11.6 Å². The second kappa shape index (κ2) is 6.05. The molecule has 4 unspecified atom stereocenters. The van der Waals surface area contributed by atoms with E-state index in [0.717, 1.165) is 19.3 Å². The van der Waals surface area contributed by atoms with Crippen molar-refractivity contribution in [3.8, 4) is 0 Å². The van der Waals surface area contributed by atoms with Gasteiger partial charge in [0.05, 0.1) is 0 Å². The van der Waals surface area contributed by atoms with Crippen molar-refractivity contribution in [3.05, 3.63) is 0 Å². The summed E-state index contributed by atoms with van der Waals surface area (Å²) in [5.41, 5.74) is 0. The van der Waals surface area contributed by atoms with Gasteiger partial charge in [-0.05, 0) is 31.1 Å². The second-order valence-corrected chi connectivity index (χ2v) is 5.68. The summed E-state index contributed by atoms with van der Waals surface area (Å²) in [6.07, 6.45) is 5.37. The summed E-state index contributed by atoms with van der Waals surface area (Å²) in [4.78, 5) is 12.1. The zero-order chi connectivity index (χ0) is 12.3. The van der Waals surface area contributed by atoms with E-state index in [0.29, 0.717) is 24.3 Å². The van der Waals surface area contributed by atoms with Crippen LogP contribution in [-0.2, 0) is 9.53 Å². The Labute approximate surface area is 108 Å². The lowest BCUT2D eigenvalue weighted by Gasteiger charge is -2.31. The number of nitrogens with one attached hydrogen (secondary N) is 1. The van der Waals surface area contributed by atoms with Gasteiger partial charge in [0.2, 0.25) is 5.91 Å². The minimum absolute atomic E-state index is 0.0667. The predicted octanol–water partition coefficient (Wildman–Crippen LogP) is 2.33. The molecule has 1 aliphatic heterocycles. The van der Waals surface area contributed by atoms with E-state index in [1.807, 2.05) is 0 Å². The number of rotatable bonds is 3. The van der Waals surface area contributed by atoms with Crippen molar-refractivity contribution in [1.29, 1.82) is 0 Å². The van der Waals surface area contributed by atoms with Gasteiger partial charge in [0.25, 0.3) is 0 Å². The highest BCUT2D eigenvalue weighted by atomic mass is 35.5. The van der Waals surface area contributed by atoms with E-state index in [2.05, 4.69) is 12.2 Å². The molecule has 1 saturated carbocycles. The molecule has 1 aliphatic carbocycles. The van der Waals surface area contributed by atoms with Gasteiger partial charge in [0.1, 0.15) is 6.10 Å². The predicted molar refractivity (Wildman–Crippen MR) is 68.1 cm³/mol. The Hall–Kier alpha value is -0.280. The maximum Gasteiger partial charge on any atom is 0.249 e. The standard InChI is InChI=1S/C13H22ClNO2/c1-9-6-7-17-12(9)13(16)15-11-5-3-2-4-10(11)8-14/h9-12H,2-8H2,1H3,(H,15,16). The smallest absolute Gasteiger partial charge is 0.249 e. The molecule has 0 aromatic heterocycles. The minimum Gasteiger partial charge on any atom is -0.368 e. The Morgan fingerprint density at radius 1 is 1.35 bits per heavy atom. The van der Waals surface area contributed by atoms with Crippen molar-refractivity contribution in [3.63, 3.8) is 0 Å². The number of hydrogen-bond acceptors (Lipinski definition) is 2. The largest absolute Gasteiger partial charge is 0.368 e. The molecule has 1 N–H and O–H groups in total. The first-order chi connectivity index (χ1) is 8.22. The zero-order valence-electron chi connectivity index (χ0n) is 10.5. The van der Waals surface area contributed by atoms with Crippen LogP contribution in [-0.4, -0.2) is 30.5 Å². The molecule has 1 saturated heterocycles. The van der Waals surface area contributed by atoms with Gasteiger partial charge in [-0.1, -0.05) is 19.8 Å². The molecule has 0 radical (unpaired) electrons. The topological polar surface area (TPSA) is 38.3 Å². The Morgan fingerprint density at radius 3 is 2.76 bits per heavy atom. The number of hydrogen-bond donors (Lipinski definition) is 1. The summed E-state index contributed by atoms with van der Waals surface area (Å²) >= 11 is 5.96. The van der Waals surface area contributed by atoms with Crippen molar-refractivity contribution in [2.45, 2.75) is 51.2 Å². The first-order valence-electron chi connectivity index (χ1n) is 6.70. The average Bonchev–Trinajstić information content (AvgIpc) is 2.76. The summed E-state index contributed by atoms with van der Waals surface area (Å²) in [5.74, 6) is 1.49. The molecule has 0 bridgehead atoms. The van der Waals surface area contributed by atoms with Crippen LogP contribution in [0.5, 0.6) is 0 Å². The van der Waals surface area contributed by atoms with Crippen LogP contribution in [0.1, 0.15) is 39.0 Å². The summed E-state index contributed by atoms with van der Waals surface area (Å²) in [6, 6.07) is 0.255.